The van der Waals surface area contributed by atoms with Crippen molar-refractivity contribution in [1.29, 1.82) is 0 Å². The molecule has 2 aromatic carbocycles. The molecule has 0 saturated carbocycles. The van der Waals surface area contributed by atoms with Crippen LogP contribution in [0.15, 0.2) is 54.6 Å². The number of rotatable bonds is 9. The molecule has 2 amide bonds. The van der Waals surface area contributed by atoms with Crippen molar-refractivity contribution in [3.63, 3.8) is 0 Å². The predicted molar refractivity (Wildman–Crippen MR) is 99.9 cm³/mol. The van der Waals surface area contributed by atoms with Crippen molar-refractivity contribution < 1.29 is 28.4 Å². The number of amides is 2. The maximum Gasteiger partial charge on any atom is 0.387 e. The second kappa shape index (κ2) is 10.4. The minimum absolute atomic E-state index is 0.0150. The summed E-state index contributed by atoms with van der Waals surface area (Å²) in [6, 6.07) is 15.7. The zero-order valence-electron chi connectivity index (χ0n) is 15.8. The van der Waals surface area contributed by atoms with Crippen molar-refractivity contribution in [2.24, 2.45) is 0 Å². The molecule has 1 atom stereocenters. The third-order valence-corrected chi connectivity index (χ3v) is 4.24. The van der Waals surface area contributed by atoms with Gasteiger partial charge in [0.25, 0.3) is 5.91 Å². The number of carbonyl (C=O) groups is 2. The van der Waals surface area contributed by atoms with Crippen LogP contribution >= 0.6 is 0 Å². The van der Waals surface area contributed by atoms with Gasteiger partial charge in [0.15, 0.2) is 6.54 Å². The van der Waals surface area contributed by atoms with Gasteiger partial charge in [-0.1, -0.05) is 30.3 Å². The van der Waals surface area contributed by atoms with E-state index < -0.39 is 6.61 Å². The van der Waals surface area contributed by atoms with Crippen molar-refractivity contribution in [1.82, 2.24) is 10.2 Å². The lowest BCUT2D eigenvalue weighted by Crippen LogP contribution is -2.87. The van der Waals surface area contributed by atoms with Gasteiger partial charge in [0.2, 0.25) is 5.91 Å². The monoisotopic (exact) mass is 392 g/mol. The van der Waals surface area contributed by atoms with Crippen molar-refractivity contribution in [3.8, 4) is 5.75 Å². The summed E-state index contributed by atoms with van der Waals surface area (Å²) in [5.41, 5.74) is 1.81. The van der Waals surface area contributed by atoms with Crippen LogP contribution in [0.25, 0.3) is 0 Å². The Labute approximate surface area is 162 Å². The summed E-state index contributed by atoms with van der Waals surface area (Å²) in [4.78, 5) is 25.1. The highest BCUT2D eigenvalue weighted by atomic mass is 19.3. The molecule has 2 aromatic rings. The molecular weight excluding hydrogens is 368 g/mol. The van der Waals surface area contributed by atoms with E-state index in [0.29, 0.717) is 0 Å². The number of carbonyl (C=O) groups excluding carboxylic acids is 2. The molecule has 0 aliphatic rings. The molecule has 150 valence electrons. The molecule has 0 heterocycles. The highest BCUT2D eigenvalue weighted by Crippen LogP contribution is 2.22. The molecule has 3 N–H and O–H groups in total. The number of ether oxygens (including phenoxy) is 1. The van der Waals surface area contributed by atoms with Gasteiger partial charge in [-0.2, -0.15) is 8.78 Å². The third kappa shape index (κ3) is 6.31. The number of halogens is 2. The highest BCUT2D eigenvalue weighted by Gasteiger charge is 2.21. The maximum atomic E-state index is 12.3. The average Bonchev–Trinajstić information content (AvgIpc) is 2.69. The van der Waals surface area contributed by atoms with Crippen LogP contribution < -0.4 is 15.4 Å². The molecule has 0 aliphatic heterocycles. The maximum absolute atomic E-state index is 12.3. The summed E-state index contributed by atoms with van der Waals surface area (Å²) >= 11 is 0. The molecule has 8 heteroatoms. The van der Waals surface area contributed by atoms with E-state index in [-0.39, 0.29) is 36.7 Å². The van der Waals surface area contributed by atoms with Gasteiger partial charge in [0.1, 0.15) is 11.8 Å². The minimum atomic E-state index is -2.88. The smallest absolute Gasteiger partial charge is 0.387 e. The lowest BCUT2D eigenvalue weighted by Gasteiger charge is -2.20. The molecule has 0 aliphatic carbocycles. The zero-order valence-corrected chi connectivity index (χ0v) is 15.8. The van der Waals surface area contributed by atoms with E-state index in [1.807, 2.05) is 35.6 Å². The number of likely N-dealkylation sites (N-methyl/N-ethyl adjacent to an activating group) is 2. The lowest BCUT2D eigenvalue weighted by molar-refractivity contribution is -0.677. The largest absolute Gasteiger partial charge is 0.435 e. The number of quaternary nitrogens is 1. The SMILES string of the molecule is CNC(=O)CN(C)C(=O)C[NH2+][C@H](c1ccccc1)c1ccc(OC(F)F)cc1. The molecule has 0 spiro atoms. The summed E-state index contributed by atoms with van der Waals surface area (Å²) < 4.78 is 29.1. The van der Waals surface area contributed by atoms with Gasteiger partial charge < -0.3 is 20.3 Å². The number of nitrogens with two attached hydrogens (primary N) is 1. The molecule has 6 nitrogen and oxygen atoms in total. The average molecular weight is 392 g/mol. The van der Waals surface area contributed by atoms with Crippen molar-refractivity contribution in [3.05, 3.63) is 65.7 Å². The summed E-state index contributed by atoms with van der Waals surface area (Å²) in [6.45, 7) is -2.77. The second-order valence-electron chi connectivity index (χ2n) is 6.20. The number of nitrogens with zero attached hydrogens (tertiary/aromatic N) is 1. The van der Waals surface area contributed by atoms with E-state index in [2.05, 4.69) is 10.1 Å². The number of hydrogen-bond donors (Lipinski definition) is 2. The van der Waals surface area contributed by atoms with E-state index >= 15 is 0 Å². The van der Waals surface area contributed by atoms with Gasteiger partial charge >= 0.3 is 6.61 Å². The van der Waals surface area contributed by atoms with E-state index in [4.69, 9.17) is 0 Å². The summed E-state index contributed by atoms with van der Waals surface area (Å²) in [5.74, 6) is -0.362. The number of nitrogens with one attached hydrogen (secondary N) is 1. The van der Waals surface area contributed by atoms with Crippen LogP contribution in [0, 0.1) is 0 Å². The quantitative estimate of drug-likeness (QED) is 0.672. The topological polar surface area (TPSA) is 75.3 Å². The Balaban J connectivity index is 2.12. The first kappa shape index (κ1) is 21.3. The van der Waals surface area contributed by atoms with Gasteiger partial charge in [-0.25, -0.2) is 0 Å². The van der Waals surface area contributed by atoms with Crippen LogP contribution in [0.5, 0.6) is 5.75 Å². The van der Waals surface area contributed by atoms with Gasteiger partial charge in [0.05, 0.1) is 6.54 Å². The lowest BCUT2D eigenvalue weighted by atomic mass is 9.98. The number of hydrogen-bond acceptors (Lipinski definition) is 3. The fraction of sp³-hybridized carbons (Fsp3) is 0.300. The van der Waals surface area contributed by atoms with Gasteiger partial charge in [-0.3, -0.25) is 9.59 Å². The standard InChI is InChI=1S/C20H23F2N3O3/c1-23-17(26)13-25(2)18(27)12-24-19(14-6-4-3-5-7-14)15-8-10-16(11-9-15)28-20(21)22/h3-11,19-20,24H,12-13H2,1-2H3,(H,23,26)/p+1/t19-/m1/s1. The Bertz CT molecular complexity index is 770. The van der Waals surface area contributed by atoms with Crippen LogP contribution in [0.3, 0.4) is 0 Å². The molecule has 0 unspecified atom stereocenters. The molecule has 0 aromatic heterocycles. The van der Waals surface area contributed by atoms with Crippen molar-refractivity contribution in [2.45, 2.75) is 12.7 Å². The predicted octanol–water partition coefficient (Wildman–Crippen LogP) is 1.15. The second-order valence-corrected chi connectivity index (χ2v) is 6.20. The molecule has 0 saturated heterocycles. The molecular formula is C20H24F2N3O3+. The number of alkyl halides is 2. The van der Waals surface area contributed by atoms with Gasteiger partial charge in [-0.05, 0) is 24.3 Å². The Hall–Kier alpha value is -3.00. The minimum Gasteiger partial charge on any atom is -0.435 e. The Morgan fingerprint density at radius 3 is 2.25 bits per heavy atom. The van der Waals surface area contributed by atoms with Gasteiger partial charge in [0, 0.05) is 25.2 Å². The first-order chi connectivity index (χ1) is 13.4. The van der Waals surface area contributed by atoms with E-state index in [9.17, 15) is 18.4 Å². The van der Waals surface area contributed by atoms with Gasteiger partial charge in [-0.15, -0.1) is 0 Å². The van der Waals surface area contributed by atoms with E-state index in [1.165, 1.54) is 24.1 Å². The number of benzene rings is 2. The molecule has 28 heavy (non-hydrogen) atoms. The van der Waals surface area contributed by atoms with Crippen LogP contribution in [0.1, 0.15) is 17.2 Å². The molecule has 0 fully saturated rings. The normalized spacial score (nSPS) is 11.8. The summed E-state index contributed by atoms with van der Waals surface area (Å²) in [6.07, 6.45) is 0. The third-order valence-electron chi connectivity index (χ3n) is 4.24. The summed E-state index contributed by atoms with van der Waals surface area (Å²) in [5, 5.41) is 4.33. The summed E-state index contributed by atoms with van der Waals surface area (Å²) in [7, 11) is 3.08. The van der Waals surface area contributed by atoms with Crippen LogP contribution in [0.4, 0.5) is 8.78 Å². The Kier molecular flexibility index (Phi) is 7.88. The zero-order chi connectivity index (χ0) is 20.5. The van der Waals surface area contributed by atoms with Crippen molar-refractivity contribution in [2.75, 3.05) is 27.2 Å². The highest BCUT2D eigenvalue weighted by molar-refractivity contribution is 5.84. The fourth-order valence-corrected chi connectivity index (χ4v) is 2.74. The first-order valence-corrected chi connectivity index (χ1v) is 8.78. The van der Waals surface area contributed by atoms with E-state index in [1.54, 1.807) is 19.2 Å². The van der Waals surface area contributed by atoms with Crippen molar-refractivity contribution >= 4 is 11.8 Å². The van der Waals surface area contributed by atoms with Crippen LogP contribution in [0.2, 0.25) is 0 Å². The fourth-order valence-electron chi connectivity index (χ4n) is 2.74. The Morgan fingerprint density at radius 1 is 1.07 bits per heavy atom. The molecule has 0 radical (unpaired) electrons. The van der Waals surface area contributed by atoms with Crippen LogP contribution in [-0.2, 0) is 9.59 Å². The first-order valence-electron chi connectivity index (χ1n) is 8.78. The van der Waals surface area contributed by atoms with E-state index in [0.717, 1.165) is 11.1 Å². The molecule has 0 bridgehead atoms. The Morgan fingerprint density at radius 2 is 1.68 bits per heavy atom. The van der Waals surface area contributed by atoms with Crippen LogP contribution in [-0.4, -0.2) is 50.5 Å². The molecule has 2 rings (SSSR count).